The van der Waals surface area contributed by atoms with Gasteiger partial charge in [0, 0.05) is 6.04 Å². The molecule has 1 aromatic carbocycles. The number of aliphatic hydroxyl groups is 1. The van der Waals surface area contributed by atoms with Crippen molar-refractivity contribution in [3.63, 3.8) is 0 Å². The van der Waals surface area contributed by atoms with Crippen molar-refractivity contribution in [2.45, 2.75) is 50.8 Å². The van der Waals surface area contributed by atoms with Crippen LogP contribution in [0, 0.1) is 0 Å². The van der Waals surface area contributed by atoms with Gasteiger partial charge in [0.1, 0.15) is 6.04 Å². The lowest BCUT2D eigenvalue weighted by atomic mass is 9.99. The first-order chi connectivity index (χ1) is 9.63. The number of nitrogens with zero attached hydrogens (tertiary/aromatic N) is 1. The summed E-state index contributed by atoms with van der Waals surface area (Å²) in [6.45, 7) is 2.72. The number of benzene rings is 1. The highest BCUT2D eigenvalue weighted by atomic mass is 35.5. The largest absolute Gasteiger partial charge is 0.480 e. The number of carboxylic acid groups (broad SMARTS) is 1. The normalized spacial score (nSPS) is 21.5. The van der Waals surface area contributed by atoms with E-state index in [9.17, 15) is 15.0 Å². The fourth-order valence-corrected chi connectivity index (χ4v) is 3.14. The number of likely N-dealkylation sites (tertiary alicyclic amines) is 1. The minimum Gasteiger partial charge on any atom is -0.480 e. The summed E-state index contributed by atoms with van der Waals surface area (Å²) in [4.78, 5) is 13.4. The number of rotatable bonds is 6. The Morgan fingerprint density at radius 3 is 2.62 bits per heavy atom. The average molecular weight is 314 g/mol. The Morgan fingerprint density at radius 2 is 2.05 bits per heavy atom. The molecule has 0 bridgehead atoms. The Kier molecular flexibility index (Phi) is 7.15. The number of carboxylic acids is 1. The molecule has 0 radical (unpaired) electrons. The number of halogens is 1. The summed E-state index contributed by atoms with van der Waals surface area (Å²) in [7, 11) is 0. The van der Waals surface area contributed by atoms with Gasteiger partial charge >= 0.3 is 5.97 Å². The number of carbonyl (C=O) groups is 1. The summed E-state index contributed by atoms with van der Waals surface area (Å²) in [6, 6.07) is 9.32. The lowest BCUT2D eigenvalue weighted by molar-refractivity contribution is -0.144. The molecule has 0 saturated carbocycles. The van der Waals surface area contributed by atoms with Crippen LogP contribution in [0.3, 0.4) is 0 Å². The molecule has 0 spiro atoms. The van der Waals surface area contributed by atoms with Gasteiger partial charge in [0.25, 0.3) is 0 Å². The topological polar surface area (TPSA) is 60.8 Å². The van der Waals surface area contributed by atoms with E-state index < -0.39 is 18.1 Å². The van der Waals surface area contributed by atoms with Crippen LogP contribution < -0.4 is 0 Å². The van der Waals surface area contributed by atoms with Crippen LogP contribution >= 0.6 is 12.4 Å². The molecule has 1 heterocycles. The Bertz CT molecular complexity index is 440. The Labute approximate surface area is 132 Å². The van der Waals surface area contributed by atoms with Crippen molar-refractivity contribution in [3.8, 4) is 0 Å². The summed E-state index contributed by atoms with van der Waals surface area (Å²) < 4.78 is 0. The van der Waals surface area contributed by atoms with E-state index in [2.05, 4.69) is 4.90 Å². The van der Waals surface area contributed by atoms with Crippen LogP contribution in [-0.4, -0.2) is 39.7 Å². The SMILES string of the molecule is CCC(C(=O)O)N1CCCC1CC(O)c1ccccc1.Cl. The monoisotopic (exact) mass is 313 g/mol. The van der Waals surface area contributed by atoms with Gasteiger partial charge in [-0.2, -0.15) is 0 Å². The minimum absolute atomic E-state index is 0. The first kappa shape index (κ1) is 18.0. The molecule has 5 heteroatoms. The van der Waals surface area contributed by atoms with Crippen molar-refractivity contribution in [3.05, 3.63) is 35.9 Å². The predicted octanol–water partition coefficient (Wildman–Crippen LogP) is 2.86. The smallest absolute Gasteiger partial charge is 0.320 e. The van der Waals surface area contributed by atoms with E-state index in [1.165, 1.54) is 0 Å². The molecule has 1 aliphatic heterocycles. The highest BCUT2D eigenvalue weighted by Crippen LogP contribution is 2.29. The van der Waals surface area contributed by atoms with Gasteiger partial charge in [0.05, 0.1) is 6.10 Å². The lowest BCUT2D eigenvalue weighted by Gasteiger charge is -2.31. The molecule has 1 fully saturated rings. The Balaban J connectivity index is 0.00000220. The van der Waals surface area contributed by atoms with Crippen LogP contribution in [0.25, 0.3) is 0 Å². The quantitative estimate of drug-likeness (QED) is 0.848. The van der Waals surface area contributed by atoms with Gasteiger partial charge in [0.15, 0.2) is 0 Å². The van der Waals surface area contributed by atoms with E-state index in [-0.39, 0.29) is 18.4 Å². The predicted molar refractivity (Wildman–Crippen MR) is 84.7 cm³/mol. The summed E-state index contributed by atoms with van der Waals surface area (Å²) in [5, 5.41) is 19.6. The van der Waals surface area contributed by atoms with Gasteiger partial charge in [0.2, 0.25) is 0 Å². The summed E-state index contributed by atoms with van der Waals surface area (Å²) in [5.74, 6) is -0.756. The highest BCUT2D eigenvalue weighted by Gasteiger charge is 2.34. The maximum atomic E-state index is 11.3. The maximum Gasteiger partial charge on any atom is 0.320 e. The number of aliphatic hydroxyl groups excluding tert-OH is 1. The van der Waals surface area contributed by atoms with Gasteiger partial charge in [-0.1, -0.05) is 37.3 Å². The molecule has 0 amide bonds. The second kappa shape index (κ2) is 8.37. The van der Waals surface area contributed by atoms with Crippen LogP contribution in [0.15, 0.2) is 30.3 Å². The van der Waals surface area contributed by atoms with Crippen LogP contribution in [0.2, 0.25) is 0 Å². The molecule has 0 aliphatic carbocycles. The van der Waals surface area contributed by atoms with Crippen LogP contribution in [-0.2, 0) is 4.79 Å². The zero-order valence-electron chi connectivity index (χ0n) is 12.3. The average Bonchev–Trinajstić information content (AvgIpc) is 2.88. The standard InChI is InChI=1S/C16H23NO3.ClH/c1-2-14(16(19)20)17-10-6-9-13(17)11-15(18)12-7-4-3-5-8-12;/h3-5,7-8,13-15,18H,2,6,9-11H2,1H3,(H,19,20);1H. The lowest BCUT2D eigenvalue weighted by Crippen LogP contribution is -2.44. The first-order valence-electron chi connectivity index (χ1n) is 7.35. The van der Waals surface area contributed by atoms with E-state index in [1.807, 2.05) is 37.3 Å². The molecule has 1 saturated heterocycles. The first-order valence-corrected chi connectivity index (χ1v) is 7.35. The van der Waals surface area contributed by atoms with Crippen molar-refractivity contribution in [1.29, 1.82) is 0 Å². The molecule has 1 aromatic rings. The third kappa shape index (κ3) is 4.43. The molecule has 21 heavy (non-hydrogen) atoms. The second-order valence-electron chi connectivity index (χ2n) is 5.46. The number of hydrogen-bond acceptors (Lipinski definition) is 3. The molecule has 0 aromatic heterocycles. The van der Waals surface area contributed by atoms with Gasteiger partial charge in [-0.05, 0) is 37.8 Å². The zero-order chi connectivity index (χ0) is 14.5. The van der Waals surface area contributed by atoms with E-state index in [4.69, 9.17) is 0 Å². The van der Waals surface area contributed by atoms with Crippen LogP contribution in [0.1, 0.15) is 44.3 Å². The molecule has 118 valence electrons. The second-order valence-corrected chi connectivity index (χ2v) is 5.46. The molecule has 3 atom stereocenters. The van der Waals surface area contributed by atoms with Gasteiger partial charge in [-0.15, -0.1) is 12.4 Å². The molecule has 2 rings (SSSR count). The van der Waals surface area contributed by atoms with Crippen molar-refractivity contribution in [1.82, 2.24) is 4.90 Å². The molecule has 2 N–H and O–H groups in total. The highest BCUT2D eigenvalue weighted by molar-refractivity contribution is 5.85. The minimum atomic E-state index is -0.756. The van der Waals surface area contributed by atoms with Crippen molar-refractivity contribution >= 4 is 18.4 Å². The third-order valence-corrected chi connectivity index (χ3v) is 4.17. The summed E-state index contributed by atoms with van der Waals surface area (Å²) >= 11 is 0. The van der Waals surface area contributed by atoms with Crippen molar-refractivity contribution in [2.75, 3.05) is 6.54 Å². The third-order valence-electron chi connectivity index (χ3n) is 4.17. The molecule has 1 aliphatic rings. The van der Waals surface area contributed by atoms with E-state index >= 15 is 0 Å². The Morgan fingerprint density at radius 1 is 1.38 bits per heavy atom. The maximum absolute atomic E-state index is 11.3. The molecular weight excluding hydrogens is 290 g/mol. The molecular formula is C16H24ClNO3. The van der Waals surface area contributed by atoms with Crippen LogP contribution in [0.5, 0.6) is 0 Å². The van der Waals surface area contributed by atoms with Gasteiger partial charge in [-0.25, -0.2) is 0 Å². The fraction of sp³-hybridized carbons (Fsp3) is 0.562. The van der Waals surface area contributed by atoms with Crippen molar-refractivity contribution in [2.24, 2.45) is 0 Å². The summed E-state index contributed by atoms with van der Waals surface area (Å²) in [5.41, 5.74) is 0.905. The van der Waals surface area contributed by atoms with Crippen LogP contribution in [0.4, 0.5) is 0 Å². The number of hydrogen-bond donors (Lipinski definition) is 2. The van der Waals surface area contributed by atoms with Gasteiger partial charge < -0.3 is 10.2 Å². The van der Waals surface area contributed by atoms with E-state index in [1.54, 1.807) is 0 Å². The fourth-order valence-electron chi connectivity index (χ4n) is 3.14. The summed E-state index contributed by atoms with van der Waals surface area (Å²) in [6.07, 6.45) is 2.66. The van der Waals surface area contributed by atoms with E-state index in [0.29, 0.717) is 12.8 Å². The number of aliphatic carboxylic acids is 1. The van der Waals surface area contributed by atoms with E-state index in [0.717, 1.165) is 24.9 Å². The zero-order valence-corrected chi connectivity index (χ0v) is 13.1. The van der Waals surface area contributed by atoms with Crippen molar-refractivity contribution < 1.29 is 15.0 Å². The molecule has 3 unspecified atom stereocenters. The Hall–Kier alpha value is -1.10. The van der Waals surface area contributed by atoms with Gasteiger partial charge in [-0.3, -0.25) is 9.69 Å². The molecule has 4 nitrogen and oxygen atoms in total.